The van der Waals surface area contributed by atoms with Gasteiger partial charge in [0.2, 0.25) is 0 Å². The summed E-state index contributed by atoms with van der Waals surface area (Å²) in [7, 11) is -3.74. The van der Waals surface area contributed by atoms with Crippen molar-refractivity contribution in [2.45, 2.75) is 11.5 Å². The smallest absolute Gasteiger partial charge is 0.264 e. The maximum atomic E-state index is 12.3. The minimum Gasteiger partial charge on any atom is -0.392 e. The monoisotopic (exact) mass is 420 g/mol. The van der Waals surface area contributed by atoms with Gasteiger partial charge in [0.05, 0.1) is 6.61 Å². The average molecular weight is 422 g/mol. The summed E-state index contributed by atoms with van der Waals surface area (Å²) in [5.41, 5.74) is 0.623. The molecule has 0 spiro atoms. The molecule has 0 bridgehead atoms. The highest BCUT2D eigenvalue weighted by Gasteiger charge is 2.18. The standard InChI is InChI=1S/C12H10Br2N2O3S/c13-9-2-4-12(15-6-9)16-20(18,19)11-3-1-8(7-17)5-10(11)14/h1-6,17H,7H2,(H,15,16). The predicted molar refractivity (Wildman–Crippen MR) is 82.8 cm³/mol. The summed E-state index contributed by atoms with van der Waals surface area (Å²) in [4.78, 5) is 4.04. The van der Waals surface area contributed by atoms with Gasteiger partial charge in [0.15, 0.2) is 0 Å². The number of rotatable bonds is 4. The summed E-state index contributed by atoms with van der Waals surface area (Å²) in [5, 5.41) is 9.02. The average Bonchev–Trinajstić information content (AvgIpc) is 2.40. The fraction of sp³-hybridized carbons (Fsp3) is 0.0833. The summed E-state index contributed by atoms with van der Waals surface area (Å²) < 4.78 is 28.0. The maximum Gasteiger partial charge on any atom is 0.264 e. The number of nitrogens with one attached hydrogen (secondary N) is 1. The van der Waals surface area contributed by atoms with E-state index in [1.54, 1.807) is 24.3 Å². The molecular formula is C12H10Br2N2O3S. The fourth-order valence-electron chi connectivity index (χ4n) is 1.49. The Labute approximate surface area is 133 Å². The van der Waals surface area contributed by atoms with Crippen molar-refractivity contribution in [2.75, 3.05) is 4.72 Å². The molecule has 0 unspecified atom stereocenters. The van der Waals surface area contributed by atoms with Crippen LogP contribution in [-0.4, -0.2) is 18.5 Å². The second-order valence-corrected chi connectivity index (χ2v) is 7.31. The molecule has 1 aromatic carbocycles. The van der Waals surface area contributed by atoms with Crippen LogP contribution in [0.2, 0.25) is 0 Å². The van der Waals surface area contributed by atoms with Crippen molar-refractivity contribution in [3.63, 3.8) is 0 Å². The third-order valence-corrected chi connectivity index (χ3v) is 5.24. The van der Waals surface area contributed by atoms with Crippen LogP contribution in [0.25, 0.3) is 0 Å². The maximum absolute atomic E-state index is 12.3. The minimum atomic E-state index is -3.74. The van der Waals surface area contributed by atoms with Crippen molar-refractivity contribution in [3.05, 3.63) is 51.0 Å². The van der Waals surface area contributed by atoms with E-state index in [1.807, 2.05) is 0 Å². The van der Waals surface area contributed by atoms with E-state index in [2.05, 4.69) is 41.6 Å². The number of halogens is 2. The topological polar surface area (TPSA) is 79.3 Å². The number of benzene rings is 1. The highest BCUT2D eigenvalue weighted by atomic mass is 79.9. The molecule has 0 saturated carbocycles. The summed E-state index contributed by atoms with van der Waals surface area (Å²) in [6.45, 7) is -0.152. The molecule has 20 heavy (non-hydrogen) atoms. The molecule has 0 aliphatic rings. The Morgan fingerprint density at radius 2 is 1.95 bits per heavy atom. The first-order chi connectivity index (χ1) is 9.42. The number of aliphatic hydroxyl groups is 1. The van der Waals surface area contributed by atoms with Gasteiger partial charge in [-0.2, -0.15) is 0 Å². The molecular weight excluding hydrogens is 412 g/mol. The van der Waals surface area contributed by atoms with E-state index in [9.17, 15) is 8.42 Å². The number of hydrogen-bond donors (Lipinski definition) is 2. The van der Waals surface area contributed by atoms with E-state index >= 15 is 0 Å². The van der Waals surface area contributed by atoms with Crippen LogP contribution in [0.4, 0.5) is 5.82 Å². The quantitative estimate of drug-likeness (QED) is 0.795. The number of nitrogens with zero attached hydrogens (tertiary/aromatic N) is 1. The predicted octanol–water partition coefficient (Wildman–Crippen LogP) is 2.90. The van der Waals surface area contributed by atoms with Crippen LogP contribution in [-0.2, 0) is 16.6 Å². The van der Waals surface area contributed by atoms with Crippen LogP contribution in [0.3, 0.4) is 0 Å². The molecule has 106 valence electrons. The molecule has 0 aliphatic heterocycles. The van der Waals surface area contributed by atoms with Gasteiger partial charge in [-0.05, 0) is 61.7 Å². The van der Waals surface area contributed by atoms with Crippen molar-refractivity contribution in [3.8, 4) is 0 Å². The molecule has 5 nitrogen and oxygen atoms in total. The molecule has 0 radical (unpaired) electrons. The van der Waals surface area contributed by atoms with Gasteiger partial charge >= 0.3 is 0 Å². The molecule has 2 aromatic rings. The van der Waals surface area contributed by atoms with Crippen LogP contribution in [0.1, 0.15) is 5.56 Å². The van der Waals surface area contributed by atoms with E-state index in [1.165, 1.54) is 12.3 Å². The largest absolute Gasteiger partial charge is 0.392 e. The van der Waals surface area contributed by atoms with Crippen LogP contribution in [0.5, 0.6) is 0 Å². The van der Waals surface area contributed by atoms with Crippen LogP contribution in [0.15, 0.2) is 50.4 Å². The van der Waals surface area contributed by atoms with Gasteiger partial charge in [0, 0.05) is 15.1 Å². The summed E-state index contributed by atoms with van der Waals surface area (Å²) >= 11 is 6.42. The molecule has 2 N–H and O–H groups in total. The van der Waals surface area contributed by atoms with Gasteiger partial charge in [0.25, 0.3) is 10.0 Å². The fourth-order valence-corrected chi connectivity index (χ4v) is 3.86. The Morgan fingerprint density at radius 3 is 2.50 bits per heavy atom. The van der Waals surface area contributed by atoms with Crippen molar-refractivity contribution in [2.24, 2.45) is 0 Å². The van der Waals surface area contributed by atoms with Gasteiger partial charge in [0.1, 0.15) is 10.7 Å². The lowest BCUT2D eigenvalue weighted by molar-refractivity contribution is 0.281. The van der Waals surface area contributed by atoms with Gasteiger partial charge in [-0.25, -0.2) is 13.4 Å². The first kappa shape index (κ1) is 15.4. The second kappa shape index (κ2) is 6.21. The number of anilines is 1. The zero-order valence-corrected chi connectivity index (χ0v) is 14.0. The summed E-state index contributed by atoms with van der Waals surface area (Å²) in [6.07, 6.45) is 1.50. The van der Waals surface area contributed by atoms with E-state index in [4.69, 9.17) is 5.11 Å². The lowest BCUT2D eigenvalue weighted by atomic mass is 10.2. The molecule has 0 fully saturated rings. The molecule has 1 heterocycles. The van der Waals surface area contributed by atoms with E-state index in [0.717, 1.165) is 4.47 Å². The lowest BCUT2D eigenvalue weighted by Crippen LogP contribution is -2.14. The molecule has 1 aromatic heterocycles. The molecule has 0 saturated heterocycles. The van der Waals surface area contributed by atoms with E-state index in [-0.39, 0.29) is 17.3 Å². The number of pyridine rings is 1. The van der Waals surface area contributed by atoms with Gasteiger partial charge in [-0.3, -0.25) is 4.72 Å². The van der Waals surface area contributed by atoms with Crippen LogP contribution < -0.4 is 4.72 Å². The lowest BCUT2D eigenvalue weighted by Gasteiger charge is -2.09. The van der Waals surface area contributed by atoms with Gasteiger partial charge in [-0.1, -0.05) is 6.07 Å². The summed E-state index contributed by atoms with van der Waals surface area (Å²) in [6, 6.07) is 7.78. The Morgan fingerprint density at radius 1 is 1.20 bits per heavy atom. The Hall–Kier alpha value is -0.960. The Bertz CT molecular complexity index is 718. The minimum absolute atomic E-state index is 0.0828. The van der Waals surface area contributed by atoms with Crippen molar-refractivity contribution < 1.29 is 13.5 Å². The zero-order valence-electron chi connectivity index (χ0n) is 10.0. The Kier molecular flexibility index (Phi) is 4.79. The second-order valence-electron chi connectivity index (χ2n) is 3.89. The zero-order chi connectivity index (χ0) is 14.8. The molecule has 0 amide bonds. The first-order valence-electron chi connectivity index (χ1n) is 5.46. The molecule has 2 rings (SSSR count). The van der Waals surface area contributed by atoms with Gasteiger partial charge in [-0.15, -0.1) is 0 Å². The molecule has 8 heteroatoms. The third kappa shape index (κ3) is 3.57. The number of sulfonamides is 1. The van der Waals surface area contributed by atoms with E-state index < -0.39 is 10.0 Å². The highest BCUT2D eigenvalue weighted by molar-refractivity contribution is 9.10. The number of aromatic nitrogens is 1. The first-order valence-corrected chi connectivity index (χ1v) is 8.53. The van der Waals surface area contributed by atoms with E-state index in [0.29, 0.717) is 10.0 Å². The van der Waals surface area contributed by atoms with Crippen LogP contribution >= 0.6 is 31.9 Å². The number of hydrogen-bond acceptors (Lipinski definition) is 4. The van der Waals surface area contributed by atoms with Crippen molar-refractivity contribution in [1.29, 1.82) is 0 Å². The van der Waals surface area contributed by atoms with Crippen molar-refractivity contribution in [1.82, 2.24) is 4.98 Å². The van der Waals surface area contributed by atoms with Gasteiger partial charge < -0.3 is 5.11 Å². The summed E-state index contributed by atoms with van der Waals surface area (Å²) in [5.74, 6) is 0.228. The normalized spacial score (nSPS) is 11.3. The molecule has 0 atom stereocenters. The van der Waals surface area contributed by atoms with Crippen LogP contribution in [0, 0.1) is 0 Å². The highest BCUT2D eigenvalue weighted by Crippen LogP contribution is 2.25. The molecule has 0 aliphatic carbocycles. The third-order valence-electron chi connectivity index (χ3n) is 2.43. The number of aliphatic hydroxyl groups excluding tert-OH is 1. The Balaban J connectivity index is 2.33. The SMILES string of the molecule is O=S(=O)(Nc1ccc(Br)cn1)c1ccc(CO)cc1Br. The van der Waals surface area contributed by atoms with Crippen molar-refractivity contribution >= 4 is 47.7 Å².